The van der Waals surface area contributed by atoms with E-state index in [1.807, 2.05) is 32.3 Å². The van der Waals surface area contributed by atoms with Gasteiger partial charge in [0.1, 0.15) is 40.7 Å². The standard InChI is InChI=1S/C31H44N4O7S/c1-9-22-31(7)23(26(29(39)42-31)43-11-10-35-16-34-21-14-32-15-33-27(21)35)19(4)24(36)17(2)12-30(6,40-8)13-18(3)25(37)20(5)28(38)41-22/h14-20,22-23,26H,9-13H2,1-8H3. The number of ketones is 2. The van der Waals surface area contributed by atoms with Crippen molar-refractivity contribution in [3.05, 3.63) is 18.9 Å². The third-order valence-electron chi connectivity index (χ3n) is 9.43. The minimum absolute atomic E-state index is 0.0220. The van der Waals surface area contributed by atoms with Crippen LogP contribution in [-0.2, 0) is 39.9 Å². The van der Waals surface area contributed by atoms with Gasteiger partial charge in [-0.05, 0) is 40.0 Å². The maximum atomic E-state index is 14.1. The molecule has 2 aromatic heterocycles. The zero-order valence-electron chi connectivity index (χ0n) is 26.4. The van der Waals surface area contributed by atoms with Gasteiger partial charge < -0.3 is 18.8 Å². The van der Waals surface area contributed by atoms with E-state index in [-0.39, 0.29) is 11.6 Å². The molecule has 9 atom stereocenters. The molecule has 43 heavy (non-hydrogen) atoms. The van der Waals surface area contributed by atoms with Crippen molar-refractivity contribution in [2.75, 3.05) is 12.9 Å². The summed E-state index contributed by atoms with van der Waals surface area (Å²) in [6, 6.07) is 0. The van der Waals surface area contributed by atoms with Crippen molar-refractivity contribution in [2.24, 2.45) is 29.6 Å². The van der Waals surface area contributed by atoms with Gasteiger partial charge in [0.2, 0.25) is 0 Å². The smallest absolute Gasteiger partial charge is 0.320 e. The van der Waals surface area contributed by atoms with Crippen LogP contribution in [0.5, 0.6) is 0 Å². The fraction of sp³-hybridized carbons (Fsp3) is 0.710. The quantitative estimate of drug-likeness (QED) is 0.343. The Bertz CT molecular complexity index is 1370. The highest BCUT2D eigenvalue weighted by molar-refractivity contribution is 8.00. The number of carbonyl (C=O) groups excluding carboxylic acids is 4. The maximum Gasteiger partial charge on any atom is 0.320 e. The van der Waals surface area contributed by atoms with Crippen LogP contribution in [-0.4, -0.2) is 78.4 Å². The van der Waals surface area contributed by atoms with E-state index in [9.17, 15) is 19.2 Å². The van der Waals surface area contributed by atoms with Crippen molar-refractivity contribution < 1.29 is 33.4 Å². The van der Waals surface area contributed by atoms with Crippen molar-refractivity contribution in [1.29, 1.82) is 0 Å². The predicted molar refractivity (Wildman–Crippen MR) is 161 cm³/mol. The van der Waals surface area contributed by atoms with Gasteiger partial charge >= 0.3 is 11.9 Å². The zero-order chi connectivity index (χ0) is 31.7. The molecular formula is C31H44N4O7S. The second-order valence-corrected chi connectivity index (χ2v) is 13.9. The Morgan fingerprint density at radius 3 is 2.35 bits per heavy atom. The maximum absolute atomic E-state index is 14.1. The molecule has 2 fully saturated rings. The van der Waals surface area contributed by atoms with Crippen LogP contribution >= 0.6 is 11.8 Å². The van der Waals surface area contributed by atoms with Gasteiger partial charge in [-0.1, -0.05) is 27.7 Å². The Balaban J connectivity index is 1.68. The van der Waals surface area contributed by atoms with Gasteiger partial charge in [-0.25, -0.2) is 15.0 Å². The number of carbonyl (C=O) groups is 4. The van der Waals surface area contributed by atoms with Gasteiger partial charge in [-0.2, -0.15) is 0 Å². The van der Waals surface area contributed by atoms with Crippen LogP contribution in [0.3, 0.4) is 0 Å². The number of fused-ring (bicyclic) bond motifs is 2. The number of nitrogens with zero attached hydrogens (tertiary/aromatic N) is 4. The Hall–Kier alpha value is -2.86. The second-order valence-electron chi connectivity index (χ2n) is 12.6. The van der Waals surface area contributed by atoms with Crippen LogP contribution in [0.4, 0.5) is 0 Å². The summed E-state index contributed by atoms with van der Waals surface area (Å²) in [5.74, 6) is -3.90. The van der Waals surface area contributed by atoms with E-state index in [4.69, 9.17) is 14.2 Å². The number of cyclic esters (lactones) is 1. The van der Waals surface area contributed by atoms with E-state index in [0.29, 0.717) is 42.7 Å². The number of esters is 2. The summed E-state index contributed by atoms with van der Waals surface area (Å²) in [4.78, 5) is 67.0. The number of imidazole rings is 1. The molecule has 0 radical (unpaired) electrons. The molecule has 0 N–H and O–H groups in total. The lowest BCUT2D eigenvalue weighted by atomic mass is 9.70. The fourth-order valence-electron chi connectivity index (χ4n) is 7.02. The molecule has 0 aliphatic carbocycles. The first-order chi connectivity index (χ1) is 20.3. The van der Waals surface area contributed by atoms with Gasteiger partial charge in [0.15, 0.2) is 11.2 Å². The van der Waals surface area contributed by atoms with Crippen LogP contribution in [0.2, 0.25) is 0 Å². The lowest BCUT2D eigenvalue weighted by Crippen LogP contribution is -2.53. The van der Waals surface area contributed by atoms with Crippen molar-refractivity contribution in [2.45, 2.75) is 96.8 Å². The molecule has 2 aromatic rings. The molecule has 2 aliphatic heterocycles. The topological polar surface area (TPSA) is 140 Å². The summed E-state index contributed by atoms with van der Waals surface area (Å²) < 4.78 is 19.8. The van der Waals surface area contributed by atoms with Crippen molar-refractivity contribution >= 4 is 46.4 Å². The first kappa shape index (κ1) is 33.0. The Morgan fingerprint density at radius 2 is 1.70 bits per heavy atom. The molecule has 0 spiro atoms. The van der Waals surface area contributed by atoms with Crippen LogP contribution in [0.15, 0.2) is 18.9 Å². The largest absolute Gasteiger partial charge is 0.458 e. The van der Waals surface area contributed by atoms with Gasteiger partial charge in [0.25, 0.3) is 0 Å². The molecule has 4 rings (SSSR count). The average molecular weight is 617 g/mol. The minimum Gasteiger partial charge on any atom is -0.458 e. The number of ether oxygens (including phenoxy) is 3. The average Bonchev–Trinajstić information content (AvgIpc) is 3.51. The van der Waals surface area contributed by atoms with E-state index in [2.05, 4.69) is 15.0 Å². The summed E-state index contributed by atoms with van der Waals surface area (Å²) in [6.45, 7) is 13.1. The van der Waals surface area contributed by atoms with E-state index in [1.165, 1.54) is 18.1 Å². The van der Waals surface area contributed by atoms with Crippen LogP contribution in [0.25, 0.3) is 11.2 Å². The summed E-state index contributed by atoms with van der Waals surface area (Å²) in [7, 11) is 1.58. The van der Waals surface area contributed by atoms with E-state index >= 15 is 0 Å². The molecule has 11 nitrogen and oxygen atoms in total. The molecule has 0 bridgehead atoms. The fourth-order valence-corrected chi connectivity index (χ4v) is 8.47. The van der Waals surface area contributed by atoms with E-state index in [1.54, 1.807) is 40.4 Å². The molecule has 2 saturated heterocycles. The van der Waals surface area contributed by atoms with Crippen molar-refractivity contribution in [3.8, 4) is 0 Å². The van der Waals surface area contributed by atoms with E-state index in [0.717, 1.165) is 0 Å². The number of hydrogen-bond acceptors (Lipinski definition) is 11. The summed E-state index contributed by atoms with van der Waals surface area (Å²) in [5.41, 5.74) is -0.661. The number of rotatable bonds is 6. The first-order valence-electron chi connectivity index (χ1n) is 15.0. The minimum atomic E-state index is -1.27. The number of thioether (sulfide) groups is 1. The molecule has 4 heterocycles. The third-order valence-corrected chi connectivity index (χ3v) is 10.7. The zero-order valence-corrected chi connectivity index (χ0v) is 27.2. The lowest BCUT2D eigenvalue weighted by molar-refractivity contribution is -0.183. The molecule has 0 aromatic carbocycles. The summed E-state index contributed by atoms with van der Waals surface area (Å²) in [5, 5.41) is -0.672. The highest BCUT2D eigenvalue weighted by atomic mass is 32.2. The molecule has 9 unspecified atom stereocenters. The summed E-state index contributed by atoms with van der Waals surface area (Å²) >= 11 is 1.42. The number of methoxy groups -OCH3 is 1. The Labute approximate surface area is 257 Å². The Kier molecular flexibility index (Phi) is 10.0. The van der Waals surface area contributed by atoms with Gasteiger partial charge in [-0.3, -0.25) is 19.2 Å². The number of aromatic nitrogens is 4. The van der Waals surface area contributed by atoms with Crippen molar-refractivity contribution in [3.63, 3.8) is 0 Å². The molecule has 0 saturated carbocycles. The highest BCUT2D eigenvalue weighted by Gasteiger charge is 2.61. The first-order valence-corrected chi connectivity index (χ1v) is 16.1. The van der Waals surface area contributed by atoms with Crippen LogP contribution in [0.1, 0.15) is 67.7 Å². The molecule has 236 valence electrons. The van der Waals surface area contributed by atoms with Gasteiger partial charge in [0.05, 0.1) is 18.1 Å². The second kappa shape index (κ2) is 13.0. The predicted octanol–water partition coefficient (Wildman–Crippen LogP) is 4.06. The lowest BCUT2D eigenvalue weighted by Gasteiger charge is -2.41. The highest BCUT2D eigenvalue weighted by Crippen LogP contribution is 2.48. The molecular weight excluding hydrogens is 572 g/mol. The number of hydrogen-bond donors (Lipinski definition) is 0. The van der Waals surface area contributed by atoms with Gasteiger partial charge in [0, 0.05) is 43.1 Å². The Morgan fingerprint density at radius 1 is 1.02 bits per heavy atom. The normalized spacial score (nSPS) is 36.2. The molecule has 0 amide bonds. The van der Waals surface area contributed by atoms with Crippen LogP contribution < -0.4 is 0 Å². The van der Waals surface area contributed by atoms with Gasteiger partial charge in [-0.15, -0.1) is 11.8 Å². The third kappa shape index (κ3) is 6.50. The molecule has 2 aliphatic rings. The molecule has 12 heteroatoms. The number of Topliss-reactive ketones (excluding diaryl/α,β-unsaturated/α-hetero) is 2. The van der Waals surface area contributed by atoms with E-state index < -0.39 is 64.1 Å². The van der Waals surface area contributed by atoms with Crippen molar-refractivity contribution in [1.82, 2.24) is 19.5 Å². The summed E-state index contributed by atoms with van der Waals surface area (Å²) in [6.07, 6.45) is 5.06. The monoisotopic (exact) mass is 616 g/mol. The number of aryl methyl sites for hydroxylation is 1. The van der Waals surface area contributed by atoms with Crippen LogP contribution in [0, 0.1) is 29.6 Å². The SMILES string of the molecule is CCC1OC(=O)C(C)C(=O)C(C)CC(C)(OC)CC(C)C(=O)C(C)C2C(SCCn3cnc4cncnc43)C(=O)OC12C.